The lowest BCUT2D eigenvalue weighted by Gasteiger charge is -2.07. The lowest BCUT2D eigenvalue weighted by atomic mass is 10.2. The molecule has 0 amide bonds. The first kappa shape index (κ1) is 12.4. The minimum Gasteiger partial charge on any atom is -0.208 e. The number of halogens is 3. The average molecular weight is 235 g/mol. The maximum Gasteiger partial charge on any atom is 0.250 e. The molecule has 84 valence electrons. The van der Waals surface area contributed by atoms with Gasteiger partial charge in [-0.3, -0.25) is 0 Å². The van der Waals surface area contributed by atoms with Crippen molar-refractivity contribution < 1.29 is 13.2 Å². The fourth-order valence-electron chi connectivity index (χ4n) is 0.869. The van der Waals surface area contributed by atoms with Gasteiger partial charge in [0.2, 0.25) is 5.95 Å². The SMILES string of the molecule is CCC(C)CSc1nc(F)c(F)cc1F. The first-order valence-electron chi connectivity index (χ1n) is 4.69. The molecule has 1 rings (SSSR count). The van der Waals surface area contributed by atoms with E-state index in [1.165, 1.54) is 0 Å². The van der Waals surface area contributed by atoms with Gasteiger partial charge in [0.15, 0.2) is 11.6 Å². The Kier molecular flexibility index (Phi) is 4.45. The van der Waals surface area contributed by atoms with Gasteiger partial charge in [-0.25, -0.2) is 13.8 Å². The maximum atomic E-state index is 13.1. The highest BCUT2D eigenvalue weighted by Crippen LogP contribution is 2.23. The Hall–Kier alpha value is -0.710. The molecule has 1 nitrogen and oxygen atoms in total. The standard InChI is InChI=1S/C10H12F3NS/c1-3-6(2)5-15-10-8(12)4-7(11)9(13)14-10/h4,6H,3,5H2,1-2H3. The average Bonchev–Trinajstić information content (AvgIpc) is 2.21. The van der Waals surface area contributed by atoms with Crippen molar-refractivity contribution in [2.75, 3.05) is 5.75 Å². The van der Waals surface area contributed by atoms with Crippen molar-refractivity contribution in [1.82, 2.24) is 4.98 Å². The number of pyridine rings is 1. The van der Waals surface area contributed by atoms with Gasteiger partial charge in [0, 0.05) is 11.8 Å². The highest BCUT2D eigenvalue weighted by Gasteiger charge is 2.12. The van der Waals surface area contributed by atoms with E-state index in [-0.39, 0.29) is 5.03 Å². The summed E-state index contributed by atoms with van der Waals surface area (Å²) in [7, 11) is 0. The fourth-order valence-corrected chi connectivity index (χ4v) is 1.89. The third kappa shape index (κ3) is 3.41. The molecule has 0 aliphatic heterocycles. The van der Waals surface area contributed by atoms with E-state index < -0.39 is 17.6 Å². The number of aromatic nitrogens is 1. The molecule has 1 atom stereocenters. The van der Waals surface area contributed by atoms with Crippen LogP contribution >= 0.6 is 11.8 Å². The number of thioether (sulfide) groups is 1. The van der Waals surface area contributed by atoms with Crippen molar-refractivity contribution in [1.29, 1.82) is 0 Å². The van der Waals surface area contributed by atoms with Crippen LogP contribution in [0.1, 0.15) is 20.3 Å². The molecule has 0 bridgehead atoms. The van der Waals surface area contributed by atoms with Gasteiger partial charge < -0.3 is 0 Å². The molecule has 15 heavy (non-hydrogen) atoms. The van der Waals surface area contributed by atoms with Crippen LogP contribution in [0.3, 0.4) is 0 Å². The molecular formula is C10H12F3NS. The first-order chi connectivity index (χ1) is 7.04. The van der Waals surface area contributed by atoms with Crippen molar-refractivity contribution in [3.8, 4) is 0 Å². The summed E-state index contributed by atoms with van der Waals surface area (Å²) in [5.41, 5.74) is 0. The van der Waals surface area contributed by atoms with E-state index in [9.17, 15) is 13.2 Å². The van der Waals surface area contributed by atoms with Gasteiger partial charge in [0.25, 0.3) is 0 Å². The molecular weight excluding hydrogens is 223 g/mol. The molecule has 1 aromatic heterocycles. The predicted octanol–water partition coefficient (Wildman–Crippen LogP) is 3.64. The number of hydrogen-bond acceptors (Lipinski definition) is 2. The second-order valence-electron chi connectivity index (χ2n) is 3.37. The zero-order chi connectivity index (χ0) is 11.4. The fraction of sp³-hybridized carbons (Fsp3) is 0.500. The Labute approximate surface area is 91.1 Å². The molecule has 0 N–H and O–H groups in total. The highest BCUT2D eigenvalue weighted by atomic mass is 32.2. The van der Waals surface area contributed by atoms with Crippen LogP contribution in [0.15, 0.2) is 11.1 Å². The molecule has 0 spiro atoms. The molecule has 1 unspecified atom stereocenters. The van der Waals surface area contributed by atoms with Crippen LogP contribution in [0.4, 0.5) is 13.2 Å². The van der Waals surface area contributed by atoms with Crippen molar-refractivity contribution in [3.63, 3.8) is 0 Å². The van der Waals surface area contributed by atoms with Gasteiger partial charge in [0.1, 0.15) is 5.03 Å². The van der Waals surface area contributed by atoms with Crippen LogP contribution in [0.5, 0.6) is 0 Å². The lowest BCUT2D eigenvalue weighted by Crippen LogP contribution is -2.00. The molecule has 0 aromatic carbocycles. The van der Waals surface area contributed by atoms with Crippen LogP contribution in [-0.4, -0.2) is 10.7 Å². The summed E-state index contributed by atoms with van der Waals surface area (Å²) >= 11 is 1.11. The zero-order valence-corrected chi connectivity index (χ0v) is 9.37. The molecule has 0 aliphatic carbocycles. The molecule has 0 saturated heterocycles. The van der Waals surface area contributed by atoms with E-state index in [1.54, 1.807) is 0 Å². The summed E-state index contributed by atoms with van der Waals surface area (Å²) in [5.74, 6) is -2.26. The molecule has 1 aromatic rings. The topological polar surface area (TPSA) is 12.9 Å². The van der Waals surface area contributed by atoms with Gasteiger partial charge >= 0.3 is 0 Å². The Balaban J connectivity index is 2.73. The van der Waals surface area contributed by atoms with Crippen LogP contribution in [-0.2, 0) is 0 Å². The minimum atomic E-state index is -1.25. The van der Waals surface area contributed by atoms with E-state index in [0.717, 1.165) is 18.2 Å². The lowest BCUT2D eigenvalue weighted by molar-refractivity contribution is 0.448. The largest absolute Gasteiger partial charge is 0.250 e. The highest BCUT2D eigenvalue weighted by molar-refractivity contribution is 7.99. The monoisotopic (exact) mass is 235 g/mol. The van der Waals surface area contributed by atoms with Crippen LogP contribution in [0, 0.1) is 23.5 Å². The second-order valence-corrected chi connectivity index (χ2v) is 4.38. The van der Waals surface area contributed by atoms with Crippen LogP contribution in [0.2, 0.25) is 0 Å². The van der Waals surface area contributed by atoms with Crippen molar-refractivity contribution in [2.45, 2.75) is 25.3 Å². The molecule has 0 radical (unpaired) electrons. The Bertz CT molecular complexity index is 344. The van der Waals surface area contributed by atoms with E-state index in [1.807, 2.05) is 13.8 Å². The van der Waals surface area contributed by atoms with E-state index in [2.05, 4.69) is 4.98 Å². The van der Waals surface area contributed by atoms with Gasteiger partial charge in [-0.15, -0.1) is 11.8 Å². The van der Waals surface area contributed by atoms with Gasteiger partial charge in [-0.2, -0.15) is 4.39 Å². The van der Waals surface area contributed by atoms with E-state index in [0.29, 0.717) is 17.7 Å². The molecule has 0 aliphatic rings. The number of rotatable bonds is 4. The summed E-state index contributed by atoms with van der Waals surface area (Å²) in [6, 6.07) is 0.529. The number of hydrogen-bond donors (Lipinski definition) is 0. The Morgan fingerprint density at radius 2 is 2.00 bits per heavy atom. The summed E-state index contributed by atoms with van der Waals surface area (Å²) in [6.45, 7) is 4.02. The summed E-state index contributed by atoms with van der Waals surface area (Å²) in [5, 5.41) is -0.0748. The summed E-state index contributed by atoms with van der Waals surface area (Å²) in [6.07, 6.45) is 0.957. The zero-order valence-electron chi connectivity index (χ0n) is 8.56. The van der Waals surface area contributed by atoms with Crippen LogP contribution in [0.25, 0.3) is 0 Å². The van der Waals surface area contributed by atoms with Gasteiger partial charge in [-0.05, 0) is 5.92 Å². The van der Waals surface area contributed by atoms with Crippen molar-refractivity contribution >= 4 is 11.8 Å². The number of nitrogens with zero attached hydrogens (tertiary/aromatic N) is 1. The van der Waals surface area contributed by atoms with Gasteiger partial charge in [-0.1, -0.05) is 20.3 Å². The third-order valence-electron chi connectivity index (χ3n) is 2.06. The third-order valence-corrected chi connectivity index (χ3v) is 3.35. The van der Waals surface area contributed by atoms with Crippen molar-refractivity contribution in [3.05, 3.63) is 23.6 Å². The van der Waals surface area contributed by atoms with Gasteiger partial charge in [0.05, 0.1) is 0 Å². The predicted molar refractivity (Wildman–Crippen MR) is 54.3 cm³/mol. The maximum absolute atomic E-state index is 13.1. The molecule has 0 fully saturated rings. The first-order valence-corrected chi connectivity index (χ1v) is 5.67. The normalized spacial score (nSPS) is 12.9. The smallest absolute Gasteiger partial charge is 0.208 e. The summed E-state index contributed by atoms with van der Waals surface area (Å²) < 4.78 is 38.3. The molecule has 5 heteroatoms. The molecule has 0 saturated carbocycles. The van der Waals surface area contributed by atoms with E-state index in [4.69, 9.17) is 0 Å². The van der Waals surface area contributed by atoms with Crippen LogP contribution < -0.4 is 0 Å². The Morgan fingerprint density at radius 1 is 1.33 bits per heavy atom. The minimum absolute atomic E-state index is 0.0748. The quantitative estimate of drug-likeness (QED) is 0.583. The summed E-state index contributed by atoms with van der Waals surface area (Å²) in [4.78, 5) is 3.22. The molecule has 1 heterocycles. The second kappa shape index (κ2) is 5.39. The Morgan fingerprint density at radius 3 is 2.60 bits per heavy atom. The van der Waals surface area contributed by atoms with Crippen molar-refractivity contribution in [2.24, 2.45) is 5.92 Å². The van der Waals surface area contributed by atoms with E-state index >= 15 is 0 Å².